The van der Waals surface area contributed by atoms with Crippen molar-refractivity contribution in [1.29, 1.82) is 0 Å². The summed E-state index contributed by atoms with van der Waals surface area (Å²) in [5, 5.41) is 5.84. The summed E-state index contributed by atoms with van der Waals surface area (Å²) in [4.78, 5) is 42.6. The quantitative estimate of drug-likeness (QED) is 0.394. The lowest BCUT2D eigenvalue weighted by Gasteiger charge is -2.38. The molecule has 2 N–H and O–H groups in total. The Labute approximate surface area is 228 Å². The Hall–Kier alpha value is -3.35. The second-order valence-electron chi connectivity index (χ2n) is 11.7. The molecule has 2 rings (SSSR count). The van der Waals surface area contributed by atoms with Crippen molar-refractivity contribution in [2.24, 2.45) is 5.92 Å². The Balaban J connectivity index is 2.59. The molecule has 0 aliphatic rings. The minimum Gasteiger partial charge on any atom is -0.444 e. The Bertz CT molecular complexity index is 1130. The molecule has 0 spiro atoms. The fourth-order valence-electron chi connectivity index (χ4n) is 4.40. The van der Waals surface area contributed by atoms with Crippen molar-refractivity contribution in [1.82, 2.24) is 10.2 Å². The van der Waals surface area contributed by atoms with Crippen LogP contribution in [0.4, 0.5) is 10.5 Å². The summed E-state index contributed by atoms with van der Waals surface area (Å²) in [7, 11) is 0. The van der Waals surface area contributed by atoms with Crippen LogP contribution in [0.5, 0.6) is 0 Å². The van der Waals surface area contributed by atoms with E-state index in [1.165, 1.54) is 0 Å². The maximum atomic E-state index is 14.2. The van der Waals surface area contributed by atoms with Crippen LogP contribution in [0.3, 0.4) is 0 Å². The van der Waals surface area contributed by atoms with Gasteiger partial charge in [0.25, 0.3) is 5.91 Å². The van der Waals surface area contributed by atoms with E-state index in [0.717, 1.165) is 22.3 Å². The lowest BCUT2D eigenvalue weighted by molar-refractivity contribution is -0.143. The first kappa shape index (κ1) is 30.9. The minimum atomic E-state index is -0.905. The number of alkyl carbamates (subject to hydrolysis) is 1. The molecule has 7 nitrogen and oxygen atoms in total. The van der Waals surface area contributed by atoms with E-state index in [2.05, 4.69) is 10.6 Å². The van der Waals surface area contributed by atoms with Gasteiger partial charge in [-0.1, -0.05) is 50.2 Å². The molecule has 3 amide bonds. The normalized spacial score (nSPS) is 13.2. The maximum absolute atomic E-state index is 14.2. The van der Waals surface area contributed by atoms with E-state index in [0.29, 0.717) is 12.1 Å². The number of rotatable bonds is 9. The van der Waals surface area contributed by atoms with Crippen LogP contribution in [-0.2, 0) is 14.3 Å². The molecule has 0 saturated carbocycles. The van der Waals surface area contributed by atoms with Crippen LogP contribution >= 0.6 is 0 Å². The van der Waals surface area contributed by atoms with Crippen LogP contribution < -0.4 is 10.6 Å². The van der Waals surface area contributed by atoms with Crippen LogP contribution in [0, 0.1) is 26.7 Å². The third-order valence-electron chi connectivity index (χ3n) is 6.38. The molecule has 0 aliphatic carbocycles. The van der Waals surface area contributed by atoms with Gasteiger partial charge in [0.1, 0.15) is 17.7 Å². The number of ether oxygens (including phenoxy) is 1. The minimum absolute atomic E-state index is 0.118. The van der Waals surface area contributed by atoms with Gasteiger partial charge in [-0.05, 0) is 96.0 Å². The summed E-state index contributed by atoms with van der Waals surface area (Å²) in [6.45, 7) is 19.0. The first-order valence-electron chi connectivity index (χ1n) is 13.4. The van der Waals surface area contributed by atoms with Gasteiger partial charge in [0, 0.05) is 11.7 Å². The number of benzene rings is 2. The fraction of sp³-hybridized carbons (Fsp3) is 0.516. The monoisotopic (exact) mass is 523 g/mol. The van der Waals surface area contributed by atoms with Gasteiger partial charge in [0.05, 0.1) is 0 Å². The van der Waals surface area contributed by atoms with Crippen LogP contribution in [-0.4, -0.2) is 40.5 Å². The number of hydrogen-bond acceptors (Lipinski definition) is 4. The van der Waals surface area contributed by atoms with Crippen molar-refractivity contribution in [3.63, 3.8) is 0 Å². The molecular formula is C31H45N3O4. The molecule has 0 saturated heterocycles. The highest BCUT2D eigenvalue weighted by Crippen LogP contribution is 2.31. The number of amides is 3. The highest BCUT2D eigenvalue weighted by molar-refractivity contribution is 5.99. The largest absolute Gasteiger partial charge is 0.444 e. The molecule has 7 heteroatoms. The predicted octanol–water partition coefficient (Wildman–Crippen LogP) is 6.47. The van der Waals surface area contributed by atoms with Gasteiger partial charge in [-0.25, -0.2) is 4.79 Å². The van der Waals surface area contributed by atoms with Gasteiger partial charge in [0.15, 0.2) is 0 Å². The van der Waals surface area contributed by atoms with E-state index in [4.69, 9.17) is 4.74 Å². The SMILES string of the molecule is Cc1ccccc1NC(=O)C(c1cccc(C)c1C)N(C(=O)C(CC(C)C)NC(=O)OC(C)(C)C)C(C)C. The van der Waals surface area contributed by atoms with Crippen LogP contribution in [0.25, 0.3) is 0 Å². The lowest BCUT2D eigenvalue weighted by Crippen LogP contribution is -2.54. The molecule has 0 aliphatic heterocycles. The summed E-state index contributed by atoms with van der Waals surface area (Å²) in [6, 6.07) is 11.2. The highest BCUT2D eigenvalue weighted by Gasteiger charge is 2.38. The molecule has 2 aromatic rings. The van der Waals surface area contributed by atoms with Crippen molar-refractivity contribution in [2.45, 2.75) is 99.4 Å². The summed E-state index contributed by atoms with van der Waals surface area (Å²) >= 11 is 0. The van der Waals surface area contributed by atoms with Crippen molar-refractivity contribution < 1.29 is 19.1 Å². The Kier molecular flexibility index (Phi) is 10.5. The number of nitrogens with zero attached hydrogens (tertiary/aromatic N) is 1. The standard InChI is InChI=1S/C31H45N3O4/c1-19(2)18-26(33-30(37)38-31(8,9)10)29(36)34(20(3)4)27(24-16-13-15-21(5)23(24)7)28(35)32-25-17-12-11-14-22(25)6/h11-17,19-20,26-27H,18H2,1-10H3,(H,32,35)(H,33,37). The van der Waals surface area contributed by atoms with Crippen LogP contribution in [0.15, 0.2) is 42.5 Å². The molecule has 0 heterocycles. The van der Waals surface area contributed by atoms with Crippen molar-refractivity contribution in [2.75, 3.05) is 5.32 Å². The zero-order valence-electron chi connectivity index (χ0n) is 24.6. The summed E-state index contributed by atoms with van der Waals surface area (Å²) in [5.74, 6) is -0.520. The molecule has 0 aromatic heterocycles. The van der Waals surface area contributed by atoms with Crippen molar-refractivity contribution >= 4 is 23.6 Å². The molecular weight excluding hydrogens is 478 g/mol. The summed E-state index contributed by atoms with van der Waals surface area (Å²) < 4.78 is 5.46. The maximum Gasteiger partial charge on any atom is 0.408 e. The van der Waals surface area contributed by atoms with E-state index in [-0.39, 0.29) is 23.8 Å². The number of para-hydroxylation sites is 1. The van der Waals surface area contributed by atoms with E-state index >= 15 is 0 Å². The smallest absolute Gasteiger partial charge is 0.408 e. The number of nitrogens with one attached hydrogen (secondary N) is 2. The number of anilines is 1. The molecule has 2 atom stereocenters. The van der Waals surface area contributed by atoms with Gasteiger partial charge in [-0.3, -0.25) is 9.59 Å². The van der Waals surface area contributed by atoms with Gasteiger partial charge in [-0.15, -0.1) is 0 Å². The molecule has 38 heavy (non-hydrogen) atoms. The number of aryl methyl sites for hydroxylation is 2. The highest BCUT2D eigenvalue weighted by atomic mass is 16.6. The van der Waals surface area contributed by atoms with Gasteiger partial charge >= 0.3 is 6.09 Å². The summed E-state index contributed by atoms with van der Waals surface area (Å²) in [5.41, 5.74) is 3.62. The number of hydrogen-bond donors (Lipinski definition) is 2. The Morgan fingerprint density at radius 1 is 0.895 bits per heavy atom. The zero-order chi connectivity index (χ0) is 28.8. The average molecular weight is 524 g/mol. The fourth-order valence-corrected chi connectivity index (χ4v) is 4.40. The zero-order valence-corrected chi connectivity index (χ0v) is 24.6. The van der Waals surface area contributed by atoms with Crippen LogP contribution in [0.2, 0.25) is 0 Å². The lowest BCUT2D eigenvalue weighted by atomic mass is 9.93. The second-order valence-corrected chi connectivity index (χ2v) is 11.7. The molecule has 2 unspecified atom stereocenters. The molecule has 0 bridgehead atoms. The second kappa shape index (κ2) is 12.9. The van der Waals surface area contributed by atoms with Gasteiger partial charge in [0.2, 0.25) is 5.91 Å². The van der Waals surface area contributed by atoms with E-state index in [1.54, 1.807) is 25.7 Å². The van der Waals surface area contributed by atoms with Gasteiger partial charge < -0.3 is 20.3 Å². The molecule has 0 fully saturated rings. The van der Waals surface area contributed by atoms with Crippen molar-refractivity contribution in [3.05, 3.63) is 64.7 Å². The Morgan fingerprint density at radius 3 is 2.05 bits per heavy atom. The number of carbonyl (C=O) groups is 3. The third kappa shape index (κ3) is 8.33. The van der Waals surface area contributed by atoms with Gasteiger partial charge in [-0.2, -0.15) is 0 Å². The number of carbonyl (C=O) groups excluding carboxylic acids is 3. The first-order valence-corrected chi connectivity index (χ1v) is 13.4. The first-order chi connectivity index (χ1) is 17.6. The van der Waals surface area contributed by atoms with Crippen LogP contribution in [0.1, 0.15) is 83.2 Å². The van der Waals surface area contributed by atoms with Crippen molar-refractivity contribution in [3.8, 4) is 0 Å². The molecule has 208 valence electrons. The Morgan fingerprint density at radius 2 is 1.50 bits per heavy atom. The predicted molar refractivity (Wildman–Crippen MR) is 153 cm³/mol. The third-order valence-corrected chi connectivity index (χ3v) is 6.38. The van der Waals surface area contributed by atoms with E-state index < -0.39 is 23.8 Å². The average Bonchev–Trinajstić information content (AvgIpc) is 2.78. The topological polar surface area (TPSA) is 87.7 Å². The molecule has 2 aromatic carbocycles. The van der Waals surface area contributed by atoms with E-state index in [1.807, 2.05) is 90.9 Å². The molecule has 0 radical (unpaired) electrons. The summed E-state index contributed by atoms with van der Waals surface area (Å²) in [6.07, 6.45) is -0.256. The van der Waals surface area contributed by atoms with E-state index in [9.17, 15) is 14.4 Å².